The number of imidazole rings is 1. The van der Waals surface area contributed by atoms with Crippen molar-refractivity contribution in [3.63, 3.8) is 0 Å². The summed E-state index contributed by atoms with van der Waals surface area (Å²) in [7, 11) is 0. The van der Waals surface area contributed by atoms with E-state index in [1.165, 1.54) is 0 Å². The van der Waals surface area contributed by atoms with E-state index in [1.54, 1.807) is 23.3 Å². The molecule has 1 fully saturated rings. The number of para-hydroxylation sites is 1. The second-order valence-electron chi connectivity index (χ2n) is 6.82. The Morgan fingerprint density at radius 1 is 1.42 bits per heavy atom. The SMILES string of the molecule is O=C(Cn1ccnc1)N1C[C@H]2COc3ccccc3C[C@@]2(CO)C1. The molecule has 24 heavy (non-hydrogen) atoms. The number of carbonyl (C=O) groups excluding carboxylic acids is 1. The van der Waals surface area contributed by atoms with Gasteiger partial charge in [-0.1, -0.05) is 18.2 Å². The van der Waals surface area contributed by atoms with E-state index in [4.69, 9.17) is 4.74 Å². The molecule has 0 unspecified atom stereocenters. The first-order valence-corrected chi connectivity index (χ1v) is 8.25. The van der Waals surface area contributed by atoms with Gasteiger partial charge < -0.3 is 19.3 Å². The van der Waals surface area contributed by atoms with E-state index < -0.39 is 0 Å². The van der Waals surface area contributed by atoms with E-state index in [-0.39, 0.29) is 30.4 Å². The fourth-order valence-electron chi connectivity index (χ4n) is 3.88. The number of nitrogens with zero attached hydrogens (tertiary/aromatic N) is 3. The lowest BCUT2D eigenvalue weighted by Crippen LogP contribution is -2.39. The van der Waals surface area contributed by atoms with Gasteiger partial charge >= 0.3 is 0 Å². The largest absolute Gasteiger partial charge is 0.493 e. The van der Waals surface area contributed by atoms with Crippen molar-refractivity contribution in [1.82, 2.24) is 14.5 Å². The van der Waals surface area contributed by atoms with E-state index in [9.17, 15) is 9.90 Å². The zero-order valence-electron chi connectivity index (χ0n) is 13.5. The number of amides is 1. The van der Waals surface area contributed by atoms with Crippen LogP contribution in [0.25, 0.3) is 0 Å². The highest BCUT2D eigenvalue weighted by molar-refractivity contribution is 5.76. The van der Waals surface area contributed by atoms with Gasteiger partial charge in [-0.2, -0.15) is 0 Å². The maximum Gasteiger partial charge on any atom is 0.242 e. The molecule has 2 atom stereocenters. The van der Waals surface area contributed by atoms with Gasteiger partial charge in [0.1, 0.15) is 12.3 Å². The fourth-order valence-corrected chi connectivity index (χ4v) is 3.88. The number of aliphatic hydroxyl groups is 1. The average Bonchev–Trinajstić information content (AvgIpc) is 3.20. The number of hydrogen-bond acceptors (Lipinski definition) is 4. The van der Waals surface area contributed by atoms with Crippen LogP contribution in [-0.2, 0) is 17.8 Å². The molecule has 126 valence electrons. The zero-order chi connectivity index (χ0) is 16.6. The highest BCUT2D eigenvalue weighted by Crippen LogP contribution is 2.43. The summed E-state index contributed by atoms with van der Waals surface area (Å²) >= 11 is 0. The Hall–Kier alpha value is -2.34. The minimum absolute atomic E-state index is 0.0576. The molecule has 2 aliphatic rings. The van der Waals surface area contributed by atoms with E-state index in [1.807, 2.05) is 29.2 Å². The Morgan fingerprint density at radius 3 is 3.08 bits per heavy atom. The van der Waals surface area contributed by atoms with Crippen molar-refractivity contribution in [3.8, 4) is 5.75 Å². The molecule has 1 amide bonds. The smallest absolute Gasteiger partial charge is 0.242 e. The minimum Gasteiger partial charge on any atom is -0.493 e. The number of fused-ring (bicyclic) bond motifs is 2. The quantitative estimate of drug-likeness (QED) is 0.912. The molecule has 1 aromatic heterocycles. The molecule has 1 saturated heterocycles. The first kappa shape index (κ1) is 15.2. The molecule has 0 radical (unpaired) electrons. The van der Waals surface area contributed by atoms with Crippen molar-refractivity contribution < 1.29 is 14.6 Å². The average molecular weight is 327 g/mol. The van der Waals surface area contributed by atoms with Crippen LogP contribution in [0.15, 0.2) is 43.0 Å². The number of aliphatic hydroxyl groups excluding tert-OH is 1. The van der Waals surface area contributed by atoms with Crippen molar-refractivity contribution in [2.75, 3.05) is 26.3 Å². The number of benzene rings is 1. The van der Waals surface area contributed by atoms with E-state index in [0.717, 1.165) is 17.7 Å². The van der Waals surface area contributed by atoms with Crippen molar-refractivity contribution in [3.05, 3.63) is 48.5 Å². The molecule has 2 aliphatic heterocycles. The Balaban J connectivity index is 1.55. The summed E-state index contributed by atoms with van der Waals surface area (Å²) in [6.45, 7) is 2.07. The van der Waals surface area contributed by atoms with Crippen LogP contribution in [-0.4, -0.2) is 51.8 Å². The van der Waals surface area contributed by atoms with Gasteiger partial charge in [0.05, 0.1) is 19.5 Å². The molecule has 6 nitrogen and oxygen atoms in total. The van der Waals surface area contributed by atoms with Crippen molar-refractivity contribution >= 4 is 5.91 Å². The van der Waals surface area contributed by atoms with Gasteiger partial charge in [0.2, 0.25) is 5.91 Å². The molecule has 4 rings (SSSR count). The summed E-state index contributed by atoms with van der Waals surface area (Å²) in [4.78, 5) is 18.4. The Bertz CT molecular complexity index is 731. The molecular weight excluding hydrogens is 306 g/mol. The summed E-state index contributed by atoms with van der Waals surface area (Å²) < 4.78 is 7.73. The highest BCUT2D eigenvalue weighted by Gasteiger charge is 2.49. The summed E-state index contributed by atoms with van der Waals surface area (Å²) in [5, 5.41) is 10.2. The van der Waals surface area contributed by atoms with Crippen molar-refractivity contribution in [1.29, 1.82) is 0 Å². The molecule has 0 bridgehead atoms. The summed E-state index contributed by atoms with van der Waals surface area (Å²) in [5.74, 6) is 1.10. The number of hydrogen-bond donors (Lipinski definition) is 1. The molecule has 2 aromatic rings. The van der Waals surface area contributed by atoms with Crippen LogP contribution in [0.4, 0.5) is 0 Å². The number of carbonyl (C=O) groups is 1. The molecule has 0 spiro atoms. The lowest BCUT2D eigenvalue weighted by molar-refractivity contribution is -0.131. The molecular formula is C18H21N3O3. The van der Waals surface area contributed by atoms with Gasteiger partial charge in [0.15, 0.2) is 0 Å². The number of rotatable bonds is 3. The first-order valence-electron chi connectivity index (χ1n) is 8.25. The Labute approximate surface area is 140 Å². The van der Waals surface area contributed by atoms with Gasteiger partial charge in [-0.25, -0.2) is 4.98 Å². The maximum atomic E-state index is 12.6. The maximum absolute atomic E-state index is 12.6. The van der Waals surface area contributed by atoms with Crippen molar-refractivity contribution in [2.45, 2.75) is 13.0 Å². The van der Waals surface area contributed by atoms with Crippen LogP contribution < -0.4 is 4.74 Å². The molecule has 0 saturated carbocycles. The van der Waals surface area contributed by atoms with Crippen LogP contribution in [0.3, 0.4) is 0 Å². The summed E-state index contributed by atoms with van der Waals surface area (Å²) in [6.07, 6.45) is 5.83. The number of aromatic nitrogens is 2. The van der Waals surface area contributed by atoms with Gasteiger partial charge in [0, 0.05) is 36.8 Å². The minimum atomic E-state index is -0.322. The summed E-state index contributed by atoms with van der Waals surface area (Å²) in [5.41, 5.74) is 0.787. The first-order chi connectivity index (χ1) is 11.7. The molecule has 0 aliphatic carbocycles. The lowest BCUT2D eigenvalue weighted by Gasteiger charge is -2.30. The second kappa shape index (κ2) is 5.94. The topological polar surface area (TPSA) is 67.6 Å². The van der Waals surface area contributed by atoms with E-state index in [0.29, 0.717) is 19.7 Å². The third-order valence-corrected chi connectivity index (χ3v) is 5.31. The number of ether oxygens (including phenoxy) is 1. The van der Waals surface area contributed by atoms with Crippen LogP contribution in [0.2, 0.25) is 0 Å². The monoisotopic (exact) mass is 327 g/mol. The van der Waals surface area contributed by atoms with Gasteiger partial charge in [0.25, 0.3) is 0 Å². The number of likely N-dealkylation sites (tertiary alicyclic amines) is 1. The van der Waals surface area contributed by atoms with Gasteiger partial charge in [-0.3, -0.25) is 4.79 Å². The van der Waals surface area contributed by atoms with Crippen LogP contribution in [0.1, 0.15) is 5.56 Å². The summed E-state index contributed by atoms with van der Waals surface area (Å²) in [6, 6.07) is 7.98. The van der Waals surface area contributed by atoms with Gasteiger partial charge in [-0.05, 0) is 18.1 Å². The predicted molar refractivity (Wildman–Crippen MR) is 87.5 cm³/mol. The zero-order valence-corrected chi connectivity index (χ0v) is 13.5. The van der Waals surface area contributed by atoms with E-state index in [2.05, 4.69) is 4.98 Å². The lowest BCUT2D eigenvalue weighted by atomic mass is 9.75. The molecule has 1 N–H and O–H groups in total. The molecule has 3 heterocycles. The second-order valence-corrected chi connectivity index (χ2v) is 6.82. The molecule has 1 aromatic carbocycles. The molecule has 6 heteroatoms. The third-order valence-electron chi connectivity index (χ3n) is 5.31. The third kappa shape index (κ3) is 2.57. The van der Waals surface area contributed by atoms with Crippen molar-refractivity contribution in [2.24, 2.45) is 11.3 Å². The van der Waals surface area contributed by atoms with Crippen LogP contribution in [0.5, 0.6) is 5.75 Å². The highest BCUT2D eigenvalue weighted by atomic mass is 16.5. The normalized spacial score (nSPS) is 25.5. The fraction of sp³-hybridized carbons (Fsp3) is 0.444. The Kier molecular flexibility index (Phi) is 3.76. The Morgan fingerprint density at radius 2 is 2.29 bits per heavy atom. The van der Waals surface area contributed by atoms with Crippen LogP contribution >= 0.6 is 0 Å². The van der Waals surface area contributed by atoms with E-state index >= 15 is 0 Å². The van der Waals surface area contributed by atoms with Gasteiger partial charge in [-0.15, -0.1) is 0 Å². The standard InChI is InChI=1S/C18H21N3O3/c22-12-18-7-14-3-1-2-4-16(14)24-10-15(18)8-21(11-18)17(23)9-20-6-5-19-13-20/h1-6,13,15,22H,7-12H2/t15-,18-/m0/s1. The predicted octanol–water partition coefficient (Wildman–Crippen LogP) is 0.955. The van der Waals surface area contributed by atoms with Crippen LogP contribution in [0, 0.1) is 11.3 Å².